The van der Waals surface area contributed by atoms with E-state index in [4.69, 9.17) is 16.0 Å². The van der Waals surface area contributed by atoms with Crippen molar-refractivity contribution in [1.82, 2.24) is 0 Å². The summed E-state index contributed by atoms with van der Waals surface area (Å²) in [6.45, 7) is 6.01. The number of rotatable bonds is 2. The van der Waals surface area contributed by atoms with Crippen molar-refractivity contribution in [3.63, 3.8) is 0 Å². The van der Waals surface area contributed by atoms with Crippen LogP contribution in [0, 0.1) is 20.8 Å². The molecule has 0 saturated carbocycles. The zero-order chi connectivity index (χ0) is 11.0. The highest BCUT2D eigenvalue weighted by molar-refractivity contribution is 7.10. The van der Waals surface area contributed by atoms with Crippen molar-refractivity contribution in [1.29, 1.82) is 0 Å². The van der Waals surface area contributed by atoms with Gasteiger partial charge in [0.15, 0.2) is 0 Å². The maximum Gasteiger partial charge on any atom is 0.106 e. The van der Waals surface area contributed by atoms with Gasteiger partial charge in [-0.3, -0.25) is 0 Å². The Balaban J connectivity index is 2.46. The molecule has 1 unspecified atom stereocenters. The fourth-order valence-corrected chi connectivity index (χ4v) is 3.01. The molecule has 15 heavy (non-hydrogen) atoms. The lowest BCUT2D eigenvalue weighted by Gasteiger charge is -2.07. The summed E-state index contributed by atoms with van der Waals surface area (Å²) in [5.74, 6) is 1.89. The van der Waals surface area contributed by atoms with E-state index in [1.165, 1.54) is 10.4 Å². The summed E-state index contributed by atoms with van der Waals surface area (Å²) in [6, 6.07) is 4.08. The van der Waals surface area contributed by atoms with Gasteiger partial charge in [0.1, 0.15) is 11.5 Å². The molecule has 2 aromatic rings. The van der Waals surface area contributed by atoms with Crippen LogP contribution in [0.1, 0.15) is 32.9 Å². The zero-order valence-corrected chi connectivity index (χ0v) is 10.6. The van der Waals surface area contributed by atoms with Crippen LogP contribution in [-0.2, 0) is 0 Å². The van der Waals surface area contributed by atoms with Crippen molar-refractivity contribution in [2.45, 2.75) is 26.1 Å². The highest BCUT2D eigenvalue weighted by Gasteiger charge is 2.21. The van der Waals surface area contributed by atoms with Crippen LogP contribution in [0.4, 0.5) is 0 Å². The molecule has 0 aliphatic rings. The maximum atomic E-state index is 6.45. The van der Waals surface area contributed by atoms with Crippen LogP contribution in [0.5, 0.6) is 0 Å². The Hall–Kier alpha value is -0.730. The first-order chi connectivity index (χ1) is 7.11. The summed E-state index contributed by atoms with van der Waals surface area (Å²) in [5.41, 5.74) is 2.29. The monoisotopic (exact) mass is 240 g/mol. The van der Waals surface area contributed by atoms with Crippen molar-refractivity contribution in [3.05, 3.63) is 45.0 Å². The fraction of sp³-hybridized carbons (Fsp3) is 0.333. The second kappa shape index (κ2) is 4.03. The lowest BCUT2D eigenvalue weighted by molar-refractivity contribution is 0.500. The van der Waals surface area contributed by atoms with Gasteiger partial charge in [-0.25, -0.2) is 0 Å². The minimum atomic E-state index is -0.0811. The number of furan rings is 1. The molecule has 1 atom stereocenters. The standard InChI is InChI=1S/C12H13ClOS/c1-7-8(2)14-9(3)11(7)12(13)10-5-4-6-15-10/h4-6,12H,1-3H3. The van der Waals surface area contributed by atoms with E-state index in [9.17, 15) is 0 Å². The van der Waals surface area contributed by atoms with E-state index in [0.29, 0.717) is 0 Å². The van der Waals surface area contributed by atoms with Crippen molar-refractivity contribution in [3.8, 4) is 0 Å². The first-order valence-corrected chi connectivity index (χ1v) is 6.17. The van der Waals surface area contributed by atoms with E-state index >= 15 is 0 Å². The Morgan fingerprint density at radius 2 is 2.00 bits per heavy atom. The number of aryl methyl sites for hydroxylation is 2. The van der Waals surface area contributed by atoms with Gasteiger partial charge in [0.25, 0.3) is 0 Å². The van der Waals surface area contributed by atoms with Gasteiger partial charge in [-0.1, -0.05) is 6.07 Å². The quantitative estimate of drug-likeness (QED) is 0.700. The molecule has 0 N–H and O–H groups in total. The van der Waals surface area contributed by atoms with E-state index in [-0.39, 0.29) is 5.38 Å². The van der Waals surface area contributed by atoms with Crippen LogP contribution in [0.25, 0.3) is 0 Å². The minimum Gasteiger partial charge on any atom is -0.466 e. The van der Waals surface area contributed by atoms with Crippen molar-refractivity contribution in [2.75, 3.05) is 0 Å². The van der Waals surface area contributed by atoms with Gasteiger partial charge in [0.05, 0.1) is 5.38 Å². The van der Waals surface area contributed by atoms with E-state index in [2.05, 4.69) is 13.0 Å². The van der Waals surface area contributed by atoms with Crippen LogP contribution >= 0.6 is 22.9 Å². The summed E-state index contributed by atoms with van der Waals surface area (Å²) in [7, 11) is 0. The van der Waals surface area contributed by atoms with Crippen LogP contribution in [0.15, 0.2) is 21.9 Å². The Morgan fingerprint density at radius 3 is 2.47 bits per heavy atom. The van der Waals surface area contributed by atoms with Gasteiger partial charge in [0, 0.05) is 10.4 Å². The molecule has 0 fully saturated rings. The van der Waals surface area contributed by atoms with Crippen LogP contribution in [-0.4, -0.2) is 0 Å². The molecule has 0 radical (unpaired) electrons. The molecular formula is C12H13ClOS. The highest BCUT2D eigenvalue weighted by atomic mass is 35.5. The lowest BCUT2D eigenvalue weighted by atomic mass is 10.1. The molecule has 2 heterocycles. The summed E-state index contributed by atoms with van der Waals surface area (Å²) in [6.07, 6.45) is 0. The molecule has 2 aromatic heterocycles. The van der Waals surface area contributed by atoms with Crippen LogP contribution < -0.4 is 0 Å². The molecule has 3 heteroatoms. The van der Waals surface area contributed by atoms with E-state index in [1.54, 1.807) is 11.3 Å². The van der Waals surface area contributed by atoms with Crippen LogP contribution in [0.2, 0.25) is 0 Å². The van der Waals surface area contributed by atoms with Gasteiger partial charge in [-0.05, 0) is 37.8 Å². The Morgan fingerprint density at radius 1 is 1.27 bits per heavy atom. The first kappa shape index (κ1) is 10.8. The predicted molar refractivity (Wildman–Crippen MR) is 64.9 cm³/mol. The Labute approximate surface area is 98.7 Å². The molecule has 0 aliphatic carbocycles. The maximum absolute atomic E-state index is 6.45. The SMILES string of the molecule is Cc1oc(C)c(C(Cl)c2cccs2)c1C. The molecule has 0 spiro atoms. The highest BCUT2D eigenvalue weighted by Crippen LogP contribution is 2.37. The molecule has 80 valence electrons. The molecule has 0 aliphatic heterocycles. The van der Waals surface area contributed by atoms with Gasteiger partial charge in [-0.2, -0.15) is 0 Å². The molecule has 0 amide bonds. The number of hydrogen-bond donors (Lipinski definition) is 0. The third kappa shape index (κ3) is 1.84. The average molecular weight is 241 g/mol. The molecular weight excluding hydrogens is 228 g/mol. The van der Waals surface area contributed by atoms with E-state index < -0.39 is 0 Å². The Kier molecular flexibility index (Phi) is 2.89. The summed E-state index contributed by atoms with van der Waals surface area (Å²) < 4.78 is 5.58. The number of halogens is 1. The summed E-state index contributed by atoms with van der Waals surface area (Å²) in [4.78, 5) is 1.17. The minimum absolute atomic E-state index is 0.0811. The molecule has 0 saturated heterocycles. The second-order valence-corrected chi connectivity index (χ2v) is 5.05. The molecule has 0 bridgehead atoms. The first-order valence-electron chi connectivity index (χ1n) is 4.85. The molecule has 0 aromatic carbocycles. The van der Waals surface area contributed by atoms with E-state index in [1.807, 2.05) is 25.3 Å². The summed E-state index contributed by atoms with van der Waals surface area (Å²) in [5, 5.41) is 1.96. The third-order valence-electron chi connectivity index (χ3n) is 2.66. The average Bonchev–Trinajstić information content (AvgIpc) is 2.76. The normalized spacial score (nSPS) is 13.1. The fourth-order valence-electron chi connectivity index (χ4n) is 1.76. The summed E-state index contributed by atoms with van der Waals surface area (Å²) >= 11 is 8.13. The predicted octanol–water partition coefficient (Wildman–Crippen LogP) is 4.59. The van der Waals surface area contributed by atoms with Crippen molar-refractivity contribution >= 4 is 22.9 Å². The van der Waals surface area contributed by atoms with Gasteiger partial charge in [0.2, 0.25) is 0 Å². The van der Waals surface area contributed by atoms with Crippen LogP contribution in [0.3, 0.4) is 0 Å². The van der Waals surface area contributed by atoms with E-state index in [0.717, 1.165) is 17.1 Å². The van der Waals surface area contributed by atoms with Gasteiger partial charge < -0.3 is 4.42 Å². The van der Waals surface area contributed by atoms with Gasteiger partial charge in [-0.15, -0.1) is 22.9 Å². The number of alkyl halides is 1. The molecule has 2 rings (SSSR count). The third-order valence-corrected chi connectivity index (χ3v) is 4.18. The smallest absolute Gasteiger partial charge is 0.106 e. The molecule has 1 nitrogen and oxygen atoms in total. The Bertz CT molecular complexity index is 456. The van der Waals surface area contributed by atoms with Gasteiger partial charge >= 0.3 is 0 Å². The number of hydrogen-bond acceptors (Lipinski definition) is 2. The second-order valence-electron chi connectivity index (χ2n) is 3.63. The number of thiophene rings is 1. The van der Waals surface area contributed by atoms with Crippen molar-refractivity contribution < 1.29 is 4.42 Å². The largest absolute Gasteiger partial charge is 0.466 e. The zero-order valence-electron chi connectivity index (χ0n) is 9.00. The lowest BCUT2D eigenvalue weighted by Crippen LogP contribution is -1.93. The topological polar surface area (TPSA) is 13.1 Å². The van der Waals surface area contributed by atoms with Crippen molar-refractivity contribution in [2.24, 2.45) is 0 Å².